The second-order valence-electron chi connectivity index (χ2n) is 3.94. The van der Waals surface area contributed by atoms with E-state index in [4.69, 9.17) is 9.84 Å². The topological polar surface area (TPSA) is 46.5 Å². The quantitative estimate of drug-likeness (QED) is 0.796. The van der Waals surface area contributed by atoms with E-state index >= 15 is 0 Å². The minimum atomic E-state index is -0.922. The number of carboxylic acid groups (broad SMARTS) is 1. The smallest absolute Gasteiger partial charge is 0.335 e. The van der Waals surface area contributed by atoms with Crippen molar-refractivity contribution in [3.8, 4) is 5.75 Å². The lowest BCUT2D eigenvalue weighted by Gasteiger charge is -2.15. The first-order valence-electron chi connectivity index (χ1n) is 5.74. The first kappa shape index (κ1) is 14.3. The number of hydrogen-bond acceptors (Lipinski definition) is 2. The van der Waals surface area contributed by atoms with Gasteiger partial charge in [0.25, 0.3) is 0 Å². The van der Waals surface area contributed by atoms with Crippen molar-refractivity contribution >= 4 is 28.6 Å². The molecule has 0 aliphatic heterocycles. The molecular formula is C13H17IO3. The molecule has 0 saturated carbocycles. The van der Waals surface area contributed by atoms with Crippen molar-refractivity contribution in [2.45, 2.75) is 26.7 Å². The molecule has 17 heavy (non-hydrogen) atoms. The first-order valence-corrected chi connectivity index (χ1v) is 6.82. The molecule has 0 fully saturated rings. The summed E-state index contributed by atoms with van der Waals surface area (Å²) in [4.78, 5) is 10.9. The summed E-state index contributed by atoms with van der Waals surface area (Å²) >= 11 is 2.15. The maximum atomic E-state index is 10.9. The second kappa shape index (κ2) is 6.83. The van der Waals surface area contributed by atoms with Gasteiger partial charge in [-0.15, -0.1) is 0 Å². The van der Waals surface area contributed by atoms with Gasteiger partial charge < -0.3 is 9.84 Å². The van der Waals surface area contributed by atoms with Gasteiger partial charge in [0.1, 0.15) is 5.75 Å². The minimum absolute atomic E-state index is 0.268. The fraction of sp³-hybridized carbons (Fsp3) is 0.462. The number of benzene rings is 1. The lowest BCUT2D eigenvalue weighted by molar-refractivity contribution is 0.0696. The molecule has 0 amide bonds. The molecule has 1 N–H and O–H groups in total. The Kier molecular flexibility index (Phi) is 5.74. The molecule has 0 aliphatic carbocycles. The van der Waals surface area contributed by atoms with Gasteiger partial charge in [-0.2, -0.15) is 0 Å². The summed E-state index contributed by atoms with van der Waals surface area (Å²) in [5, 5.41) is 8.91. The highest BCUT2D eigenvalue weighted by atomic mass is 127. The van der Waals surface area contributed by atoms with Crippen LogP contribution in [0.2, 0.25) is 0 Å². The van der Waals surface area contributed by atoms with Crippen molar-refractivity contribution in [2.75, 3.05) is 6.61 Å². The third-order valence-electron chi connectivity index (χ3n) is 2.81. The molecule has 94 valence electrons. The maximum Gasteiger partial charge on any atom is 0.335 e. The van der Waals surface area contributed by atoms with E-state index in [2.05, 4.69) is 36.4 Å². The standard InChI is InChI=1S/C13H17IO3/c1-3-9(4-2)8-17-12-7-10(13(15)16)5-6-11(12)14/h5-7,9H,3-4,8H2,1-2H3,(H,15,16). The molecule has 0 aromatic heterocycles. The van der Waals surface area contributed by atoms with Gasteiger partial charge in [-0.05, 0) is 46.7 Å². The van der Waals surface area contributed by atoms with Gasteiger partial charge >= 0.3 is 5.97 Å². The van der Waals surface area contributed by atoms with Gasteiger partial charge in [-0.1, -0.05) is 26.7 Å². The van der Waals surface area contributed by atoms with Crippen LogP contribution in [0.3, 0.4) is 0 Å². The Bertz CT molecular complexity index is 386. The monoisotopic (exact) mass is 348 g/mol. The molecule has 1 rings (SSSR count). The third kappa shape index (κ3) is 4.18. The molecule has 0 unspecified atom stereocenters. The predicted molar refractivity (Wildman–Crippen MR) is 75.7 cm³/mol. The Morgan fingerprint density at radius 2 is 2.06 bits per heavy atom. The third-order valence-corrected chi connectivity index (χ3v) is 3.70. The van der Waals surface area contributed by atoms with E-state index in [9.17, 15) is 4.79 Å². The number of ether oxygens (including phenoxy) is 1. The van der Waals surface area contributed by atoms with E-state index in [0.717, 1.165) is 16.4 Å². The zero-order valence-electron chi connectivity index (χ0n) is 10.1. The van der Waals surface area contributed by atoms with Crippen LogP contribution < -0.4 is 4.74 Å². The van der Waals surface area contributed by atoms with Gasteiger partial charge in [0.15, 0.2) is 0 Å². The van der Waals surface area contributed by atoms with Crippen molar-refractivity contribution in [1.82, 2.24) is 0 Å². The maximum absolute atomic E-state index is 10.9. The Morgan fingerprint density at radius 3 is 2.59 bits per heavy atom. The summed E-state index contributed by atoms with van der Waals surface area (Å²) in [6, 6.07) is 4.95. The van der Waals surface area contributed by atoms with Crippen LogP contribution in [0, 0.1) is 9.49 Å². The predicted octanol–water partition coefficient (Wildman–Crippen LogP) is 3.80. The summed E-state index contributed by atoms with van der Waals surface area (Å²) in [5.41, 5.74) is 0.268. The van der Waals surface area contributed by atoms with Gasteiger partial charge in [-0.25, -0.2) is 4.79 Å². The molecule has 0 bridgehead atoms. The van der Waals surface area contributed by atoms with E-state index in [1.165, 1.54) is 0 Å². The molecule has 1 aromatic carbocycles. The number of aromatic carboxylic acids is 1. The Morgan fingerprint density at radius 1 is 1.41 bits per heavy atom. The van der Waals surface area contributed by atoms with E-state index in [-0.39, 0.29) is 5.56 Å². The van der Waals surface area contributed by atoms with Gasteiger partial charge in [0.2, 0.25) is 0 Å². The number of carboxylic acids is 1. The molecule has 0 radical (unpaired) electrons. The zero-order valence-corrected chi connectivity index (χ0v) is 12.2. The van der Waals surface area contributed by atoms with Crippen LogP contribution in [-0.4, -0.2) is 17.7 Å². The normalized spacial score (nSPS) is 10.6. The zero-order chi connectivity index (χ0) is 12.8. The summed E-state index contributed by atoms with van der Waals surface area (Å²) in [6.45, 7) is 4.92. The van der Waals surface area contributed by atoms with Gasteiger partial charge in [0.05, 0.1) is 15.7 Å². The van der Waals surface area contributed by atoms with Crippen LogP contribution in [0.15, 0.2) is 18.2 Å². The van der Waals surface area contributed by atoms with Crippen LogP contribution in [-0.2, 0) is 0 Å². The van der Waals surface area contributed by atoms with Crippen molar-refractivity contribution in [1.29, 1.82) is 0 Å². The summed E-state index contributed by atoms with van der Waals surface area (Å²) < 4.78 is 6.64. The van der Waals surface area contributed by atoms with E-state index in [0.29, 0.717) is 18.3 Å². The number of hydrogen-bond donors (Lipinski definition) is 1. The molecular weight excluding hydrogens is 331 g/mol. The van der Waals surface area contributed by atoms with E-state index < -0.39 is 5.97 Å². The minimum Gasteiger partial charge on any atom is -0.492 e. The highest BCUT2D eigenvalue weighted by Gasteiger charge is 2.10. The Labute approximate surface area is 115 Å². The number of carbonyl (C=O) groups is 1. The van der Waals surface area contributed by atoms with Crippen LogP contribution in [0.1, 0.15) is 37.0 Å². The fourth-order valence-electron chi connectivity index (χ4n) is 1.48. The summed E-state index contributed by atoms with van der Waals surface area (Å²) in [6.07, 6.45) is 2.15. The van der Waals surface area contributed by atoms with Crippen LogP contribution in [0.25, 0.3) is 0 Å². The largest absolute Gasteiger partial charge is 0.492 e. The van der Waals surface area contributed by atoms with Gasteiger partial charge in [0, 0.05) is 0 Å². The van der Waals surface area contributed by atoms with Crippen LogP contribution in [0.5, 0.6) is 5.75 Å². The van der Waals surface area contributed by atoms with E-state index in [1.807, 2.05) is 0 Å². The highest BCUT2D eigenvalue weighted by Crippen LogP contribution is 2.23. The van der Waals surface area contributed by atoms with Gasteiger partial charge in [-0.3, -0.25) is 0 Å². The average molecular weight is 348 g/mol. The van der Waals surface area contributed by atoms with Crippen LogP contribution >= 0.6 is 22.6 Å². The molecule has 0 saturated heterocycles. The molecule has 0 aliphatic rings. The second-order valence-corrected chi connectivity index (χ2v) is 5.11. The van der Waals surface area contributed by atoms with Crippen molar-refractivity contribution < 1.29 is 14.6 Å². The molecule has 0 spiro atoms. The molecule has 3 nitrogen and oxygen atoms in total. The SMILES string of the molecule is CCC(CC)COc1cc(C(=O)O)ccc1I. The molecule has 0 atom stereocenters. The lowest BCUT2D eigenvalue weighted by atomic mass is 10.1. The van der Waals surface area contributed by atoms with Crippen LogP contribution in [0.4, 0.5) is 0 Å². The number of halogens is 1. The first-order chi connectivity index (χ1) is 8.08. The summed E-state index contributed by atoms with van der Waals surface area (Å²) in [7, 11) is 0. The molecule has 4 heteroatoms. The number of rotatable bonds is 6. The van der Waals surface area contributed by atoms with Crippen molar-refractivity contribution in [3.05, 3.63) is 27.3 Å². The van der Waals surface area contributed by atoms with E-state index in [1.54, 1.807) is 18.2 Å². The molecule has 0 heterocycles. The Hall–Kier alpha value is -0.780. The van der Waals surface area contributed by atoms with Crippen molar-refractivity contribution in [3.63, 3.8) is 0 Å². The average Bonchev–Trinajstić information content (AvgIpc) is 2.32. The van der Waals surface area contributed by atoms with Crippen molar-refractivity contribution in [2.24, 2.45) is 5.92 Å². The highest BCUT2D eigenvalue weighted by molar-refractivity contribution is 14.1. The fourth-order valence-corrected chi connectivity index (χ4v) is 1.97. The Balaban J connectivity index is 2.75. The lowest BCUT2D eigenvalue weighted by Crippen LogP contribution is -2.11. The summed E-state index contributed by atoms with van der Waals surface area (Å²) in [5.74, 6) is 0.269. The molecule has 1 aromatic rings.